The van der Waals surface area contributed by atoms with Gasteiger partial charge >= 0.3 is 46.5 Å². The van der Waals surface area contributed by atoms with Crippen molar-refractivity contribution < 1.29 is 60.5 Å². The van der Waals surface area contributed by atoms with Crippen molar-refractivity contribution in [2.24, 2.45) is 9.98 Å². The predicted octanol–water partition coefficient (Wildman–Crippen LogP) is 7.83. The van der Waals surface area contributed by atoms with E-state index in [1.54, 1.807) is 0 Å². The van der Waals surface area contributed by atoms with E-state index in [1.807, 2.05) is 41.5 Å². The summed E-state index contributed by atoms with van der Waals surface area (Å²) in [7, 11) is 0. The first-order chi connectivity index (χ1) is 13.5. The van der Waals surface area contributed by atoms with Crippen molar-refractivity contribution in [3.8, 4) is 0 Å². The molecule has 0 spiro atoms. The Bertz CT molecular complexity index is 475. The van der Waals surface area contributed by atoms with Crippen molar-refractivity contribution in [1.29, 1.82) is 0 Å². The molecule has 0 heterocycles. The molecular weight excluding hydrogens is 537 g/mol. The van der Waals surface area contributed by atoms with E-state index in [0.29, 0.717) is 24.5 Å². The number of rotatable bonds is 8. The molecule has 0 aliphatic rings. The molecule has 0 saturated carbocycles. The van der Waals surface area contributed by atoms with E-state index in [2.05, 4.69) is 20.6 Å². The van der Waals surface area contributed by atoms with Crippen molar-refractivity contribution in [3.63, 3.8) is 0 Å². The Morgan fingerprint density at radius 3 is 1.03 bits per heavy atom. The van der Waals surface area contributed by atoms with Crippen LogP contribution in [0.25, 0.3) is 10.6 Å². The fourth-order valence-electron chi connectivity index (χ4n) is 1.96. The monoisotopic (exact) mass is 572 g/mol. The van der Waals surface area contributed by atoms with E-state index in [0.717, 1.165) is 26.7 Å². The van der Waals surface area contributed by atoms with E-state index in [-0.39, 0.29) is 46.2 Å². The third-order valence-electron chi connectivity index (χ3n) is 3.39. The van der Waals surface area contributed by atoms with Crippen molar-refractivity contribution in [3.05, 3.63) is 10.6 Å². The smallest absolute Gasteiger partial charge is 0.466 e. The molecular formula is C20H36Cu2F6N4. The van der Waals surface area contributed by atoms with Gasteiger partial charge in [0.05, 0.1) is 12.1 Å². The Labute approximate surface area is 210 Å². The molecule has 0 aliphatic carbocycles. The Morgan fingerprint density at radius 1 is 0.625 bits per heavy atom. The maximum absolute atomic E-state index is 12.2. The van der Waals surface area contributed by atoms with E-state index >= 15 is 0 Å². The first-order valence-electron chi connectivity index (χ1n) is 10.2. The van der Waals surface area contributed by atoms with E-state index in [9.17, 15) is 26.3 Å². The fraction of sp³-hybridized carbons (Fsp3) is 0.900. The van der Waals surface area contributed by atoms with Crippen LogP contribution in [0, 0.1) is 0 Å². The van der Waals surface area contributed by atoms with E-state index in [4.69, 9.17) is 0 Å². The standard InChI is InChI=1S/2C10H18F3N2.2Cu/c2*1-5-6-9(14-7(2)3)15-8(4)10(11,12)13;;/h2*7-8H,5-6H2,1-4H3;;/q2*-1;2*+1. The third kappa shape index (κ3) is 21.4. The van der Waals surface area contributed by atoms with E-state index in [1.165, 1.54) is 0 Å². The molecule has 0 saturated heterocycles. The average molecular weight is 574 g/mol. The number of aliphatic imine (C=N–C) groups is 2. The van der Waals surface area contributed by atoms with Gasteiger partial charge in [0.2, 0.25) is 0 Å². The van der Waals surface area contributed by atoms with Crippen LogP contribution < -0.4 is 0 Å². The number of amidine groups is 2. The van der Waals surface area contributed by atoms with Gasteiger partial charge in [0.15, 0.2) is 0 Å². The quantitative estimate of drug-likeness (QED) is 0.123. The first-order valence-corrected chi connectivity index (χ1v) is 10.2. The van der Waals surface area contributed by atoms with Crippen LogP contribution in [-0.2, 0) is 34.1 Å². The minimum Gasteiger partial charge on any atom is -0.466 e. The molecule has 200 valence electrons. The van der Waals surface area contributed by atoms with Crippen LogP contribution in [0.1, 0.15) is 81.1 Å². The van der Waals surface area contributed by atoms with Gasteiger partial charge in [-0.05, 0) is 24.9 Å². The molecule has 0 aromatic heterocycles. The summed E-state index contributed by atoms with van der Waals surface area (Å²) in [6.45, 7) is 13.2. The molecule has 0 amide bonds. The number of nitrogens with zero attached hydrogens (tertiary/aromatic N) is 4. The van der Waals surface area contributed by atoms with Gasteiger partial charge < -0.3 is 20.6 Å². The average Bonchev–Trinajstić information content (AvgIpc) is 2.52. The molecule has 0 aromatic rings. The minimum atomic E-state index is -4.27. The number of alkyl halides is 6. The molecule has 0 N–H and O–H groups in total. The van der Waals surface area contributed by atoms with Crippen LogP contribution in [0.15, 0.2) is 9.98 Å². The summed E-state index contributed by atoms with van der Waals surface area (Å²) in [5, 5.41) is 7.21. The van der Waals surface area contributed by atoms with E-state index < -0.39 is 24.4 Å². The van der Waals surface area contributed by atoms with Gasteiger partial charge in [-0.1, -0.05) is 79.9 Å². The Hall–Kier alpha value is -0.441. The second kappa shape index (κ2) is 18.9. The summed E-state index contributed by atoms with van der Waals surface area (Å²) in [5.74, 6) is 0.634. The summed E-state index contributed by atoms with van der Waals surface area (Å²) in [5.41, 5.74) is 0. The molecule has 32 heavy (non-hydrogen) atoms. The molecule has 0 rings (SSSR count). The summed E-state index contributed by atoms with van der Waals surface area (Å²) in [6.07, 6.45) is -6.05. The van der Waals surface area contributed by atoms with Crippen molar-refractivity contribution in [2.45, 2.75) is 118 Å². The van der Waals surface area contributed by atoms with Crippen molar-refractivity contribution >= 4 is 11.7 Å². The summed E-state index contributed by atoms with van der Waals surface area (Å²) in [4.78, 5) is 8.14. The molecule has 0 radical (unpaired) electrons. The van der Waals surface area contributed by atoms with Crippen molar-refractivity contribution in [2.75, 3.05) is 0 Å². The maximum Gasteiger partial charge on any atom is 1.00 e. The minimum absolute atomic E-state index is 0. The zero-order valence-corrected chi connectivity index (χ0v) is 21.7. The predicted molar refractivity (Wildman–Crippen MR) is 113 cm³/mol. The van der Waals surface area contributed by atoms with Gasteiger partial charge in [0.25, 0.3) is 0 Å². The molecule has 0 fully saturated rings. The second-order valence-electron chi connectivity index (χ2n) is 7.47. The topological polar surface area (TPSA) is 52.9 Å². The zero-order valence-electron chi connectivity index (χ0n) is 19.8. The van der Waals surface area contributed by atoms with Gasteiger partial charge in [0.1, 0.15) is 0 Å². The normalized spacial score (nSPS) is 14.6. The SMILES string of the molecule is CCCC(=NC(C)C)[N-]C(C)C(F)(F)F.CCCC(=NC(C)C)[N-]C(C)C(F)(F)F.[Cu+].[Cu+]. The third-order valence-corrected chi connectivity index (χ3v) is 3.39. The Balaban J connectivity index is -0.000000231. The molecule has 0 aromatic carbocycles. The van der Waals surface area contributed by atoms with Gasteiger partial charge in [-0.2, -0.15) is 26.3 Å². The molecule has 2 unspecified atom stereocenters. The second-order valence-corrected chi connectivity index (χ2v) is 7.47. The fourth-order valence-corrected chi connectivity index (χ4v) is 1.96. The van der Waals surface area contributed by atoms with Crippen molar-refractivity contribution in [1.82, 2.24) is 0 Å². The van der Waals surface area contributed by atoms with Crippen LogP contribution in [0.2, 0.25) is 0 Å². The van der Waals surface area contributed by atoms with Gasteiger partial charge in [-0.3, -0.25) is 0 Å². The summed E-state index contributed by atoms with van der Waals surface area (Å²) < 4.78 is 73.4. The van der Waals surface area contributed by atoms with Gasteiger partial charge in [-0.15, -0.1) is 0 Å². The Morgan fingerprint density at radius 2 is 0.875 bits per heavy atom. The largest absolute Gasteiger partial charge is 1.00 e. The maximum atomic E-state index is 12.2. The number of hydrogen-bond donors (Lipinski definition) is 0. The van der Waals surface area contributed by atoms with Crippen LogP contribution in [0.4, 0.5) is 26.3 Å². The molecule has 0 aliphatic heterocycles. The first kappa shape index (κ1) is 38.8. The van der Waals surface area contributed by atoms with Crippen LogP contribution in [0.5, 0.6) is 0 Å². The summed E-state index contributed by atoms with van der Waals surface area (Å²) in [6, 6.07) is -3.37. The molecule has 4 nitrogen and oxygen atoms in total. The molecule has 2 atom stereocenters. The van der Waals surface area contributed by atoms with Crippen LogP contribution in [-0.4, -0.2) is 48.2 Å². The molecule has 12 heteroatoms. The van der Waals surface area contributed by atoms with Gasteiger partial charge in [-0.25, -0.2) is 0 Å². The van der Waals surface area contributed by atoms with Crippen LogP contribution in [0.3, 0.4) is 0 Å². The van der Waals surface area contributed by atoms with Crippen LogP contribution >= 0.6 is 0 Å². The summed E-state index contributed by atoms with van der Waals surface area (Å²) >= 11 is 0. The molecule has 0 bridgehead atoms. The Kier molecular flexibility index (Phi) is 23.0. The number of hydrogen-bond acceptors (Lipinski definition) is 2. The number of halogens is 6. The zero-order chi connectivity index (χ0) is 24.1. The van der Waals surface area contributed by atoms with Gasteiger partial charge in [0, 0.05) is 0 Å².